The first-order chi connectivity index (χ1) is 5.77. The summed E-state index contributed by atoms with van der Waals surface area (Å²) >= 11 is 0. The predicted molar refractivity (Wildman–Crippen MR) is 49.1 cm³/mol. The number of nitrogens with zero attached hydrogens (tertiary/aromatic N) is 1. The number of hydrogen-bond acceptors (Lipinski definition) is 1. The molecular formula is C11H14NY-. The van der Waals surface area contributed by atoms with E-state index in [4.69, 9.17) is 0 Å². The number of rotatable bonds is 2. The van der Waals surface area contributed by atoms with Gasteiger partial charge in [-0.3, -0.25) is 0 Å². The summed E-state index contributed by atoms with van der Waals surface area (Å²) in [5, 5.41) is 0. The summed E-state index contributed by atoms with van der Waals surface area (Å²) in [5.74, 6) is 1.30. The van der Waals surface area contributed by atoms with Crippen LogP contribution in [0.2, 0.25) is 0 Å². The molecule has 0 atom stereocenters. The van der Waals surface area contributed by atoms with Crippen molar-refractivity contribution in [3.8, 4) is 0 Å². The zero-order valence-corrected chi connectivity index (χ0v) is 11.1. The van der Waals surface area contributed by atoms with Crippen LogP contribution < -0.4 is 0 Å². The third-order valence-electron chi connectivity index (χ3n) is 2.36. The average molecular weight is 249 g/mol. The van der Waals surface area contributed by atoms with Crippen molar-refractivity contribution < 1.29 is 32.7 Å². The fraction of sp³-hybridized carbons (Fsp3) is 0.545. The Morgan fingerprint density at radius 1 is 1.46 bits per heavy atom. The van der Waals surface area contributed by atoms with Crippen LogP contribution >= 0.6 is 0 Å². The molecule has 0 spiro atoms. The van der Waals surface area contributed by atoms with Crippen molar-refractivity contribution in [2.75, 3.05) is 0 Å². The Morgan fingerprint density at radius 2 is 2.15 bits per heavy atom. The van der Waals surface area contributed by atoms with Gasteiger partial charge in [-0.1, -0.05) is 38.6 Å². The molecule has 67 valence electrons. The Morgan fingerprint density at radius 3 is 2.54 bits per heavy atom. The van der Waals surface area contributed by atoms with Crippen LogP contribution in [0.3, 0.4) is 0 Å². The van der Waals surface area contributed by atoms with Crippen LogP contribution in [0.1, 0.15) is 49.8 Å². The maximum absolute atomic E-state index is 4.43. The molecule has 1 fully saturated rings. The SMILES string of the molecule is CC(C)c1[c-]cc(C2CC2)nc1.[Y]. The van der Waals surface area contributed by atoms with E-state index in [1.807, 2.05) is 6.20 Å². The first-order valence-corrected chi connectivity index (χ1v) is 4.65. The van der Waals surface area contributed by atoms with Crippen molar-refractivity contribution in [1.29, 1.82) is 0 Å². The molecule has 1 aromatic heterocycles. The van der Waals surface area contributed by atoms with Gasteiger partial charge in [-0.15, -0.1) is 5.56 Å². The van der Waals surface area contributed by atoms with Crippen LogP contribution in [0, 0.1) is 6.07 Å². The molecule has 1 heterocycles. The predicted octanol–water partition coefficient (Wildman–Crippen LogP) is 2.88. The van der Waals surface area contributed by atoms with Crippen LogP contribution in [-0.2, 0) is 32.7 Å². The van der Waals surface area contributed by atoms with Crippen LogP contribution in [0.5, 0.6) is 0 Å². The maximum atomic E-state index is 4.43. The third kappa shape index (κ3) is 2.85. The van der Waals surface area contributed by atoms with Crippen molar-refractivity contribution in [2.24, 2.45) is 0 Å². The largest absolute Gasteiger partial charge is 0.387 e. The van der Waals surface area contributed by atoms with Gasteiger partial charge in [0.2, 0.25) is 0 Å². The summed E-state index contributed by atoms with van der Waals surface area (Å²) in [4.78, 5) is 4.43. The zero-order valence-electron chi connectivity index (χ0n) is 8.25. The number of pyridine rings is 1. The standard InChI is InChI=1S/C11H14N.Y/c1-8(2)10-5-6-11(12-7-10)9-3-4-9;/h6-9H,3-4H2,1-2H3;/q-1;. The summed E-state index contributed by atoms with van der Waals surface area (Å²) in [5.41, 5.74) is 2.46. The fourth-order valence-corrected chi connectivity index (χ4v) is 1.29. The van der Waals surface area contributed by atoms with Crippen molar-refractivity contribution in [1.82, 2.24) is 4.98 Å². The second-order valence-corrected chi connectivity index (χ2v) is 3.86. The molecule has 2 heteroatoms. The van der Waals surface area contributed by atoms with Gasteiger partial charge in [0, 0.05) is 32.7 Å². The van der Waals surface area contributed by atoms with Gasteiger partial charge >= 0.3 is 0 Å². The van der Waals surface area contributed by atoms with Gasteiger partial charge in [-0.2, -0.15) is 12.1 Å². The van der Waals surface area contributed by atoms with Crippen LogP contribution in [0.25, 0.3) is 0 Å². The van der Waals surface area contributed by atoms with Gasteiger partial charge < -0.3 is 4.98 Å². The van der Waals surface area contributed by atoms with E-state index in [2.05, 4.69) is 31.0 Å². The summed E-state index contributed by atoms with van der Waals surface area (Å²) in [6.45, 7) is 4.34. The molecule has 1 aliphatic carbocycles. The van der Waals surface area contributed by atoms with Crippen molar-refractivity contribution in [3.05, 3.63) is 29.6 Å². The van der Waals surface area contributed by atoms with E-state index in [-0.39, 0.29) is 32.7 Å². The van der Waals surface area contributed by atoms with E-state index >= 15 is 0 Å². The Hall–Kier alpha value is 0.254. The van der Waals surface area contributed by atoms with Crippen molar-refractivity contribution >= 4 is 0 Å². The van der Waals surface area contributed by atoms with Gasteiger partial charge in [0.25, 0.3) is 0 Å². The minimum atomic E-state index is 0. The van der Waals surface area contributed by atoms with Gasteiger partial charge in [-0.05, 0) is 11.8 Å². The Balaban J connectivity index is 0.000000845. The maximum Gasteiger partial charge on any atom is 0 e. The summed E-state index contributed by atoms with van der Waals surface area (Å²) in [6.07, 6.45) is 4.61. The molecule has 2 rings (SSSR count). The molecule has 1 aromatic rings. The fourth-order valence-electron chi connectivity index (χ4n) is 1.29. The minimum Gasteiger partial charge on any atom is -0.387 e. The first kappa shape index (κ1) is 11.3. The van der Waals surface area contributed by atoms with E-state index in [1.165, 1.54) is 24.1 Å². The van der Waals surface area contributed by atoms with Gasteiger partial charge in [0.1, 0.15) is 0 Å². The van der Waals surface area contributed by atoms with Gasteiger partial charge in [0.05, 0.1) is 0 Å². The molecule has 0 N–H and O–H groups in total. The molecule has 1 radical (unpaired) electrons. The Kier molecular flexibility index (Phi) is 4.06. The molecule has 0 amide bonds. The molecule has 0 bridgehead atoms. The first-order valence-electron chi connectivity index (χ1n) is 4.65. The molecule has 0 aliphatic heterocycles. The molecule has 1 nitrogen and oxygen atoms in total. The average Bonchev–Trinajstić information content (AvgIpc) is 2.87. The van der Waals surface area contributed by atoms with E-state index in [0.717, 1.165) is 5.92 Å². The third-order valence-corrected chi connectivity index (χ3v) is 2.36. The van der Waals surface area contributed by atoms with Crippen LogP contribution in [-0.4, -0.2) is 4.98 Å². The second kappa shape index (κ2) is 4.66. The molecule has 1 saturated carbocycles. The molecular weight excluding hydrogens is 235 g/mol. The van der Waals surface area contributed by atoms with E-state index < -0.39 is 0 Å². The van der Waals surface area contributed by atoms with Crippen LogP contribution in [0.15, 0.2) is 12.3 Å². The molecule has 1 aliphatic rings. The Labute approximate surface area is 105 Å². The van der Waals surface area contributed by atoms with Crippen molar-refractivity contribution in [2.45, 2.75) is 38.5 Å². The van der Waals surface area contributed by atoms with Crippen LogP contribution in [0.4, 0.5) is 0 Å². The normalized spacial score (nSPS) is 15.6. The topological polar surface area (TPSA) is 12.9 Å². The second-order valence-electron chi connectivity index (χ2n) is 3.86. The smallest absolute Gasteiger partial charge is 0 e. The van der Waals surface area contributed by atoms with E-state index in [9.17, 15) is 0 Å². The molecule has 13 heavy (non-hydrogen) atoms. The Bertz CT molecular complexity index is 241. The van der Waals surface area contributed by atoms with Crippen molar-refractivity contribution in [3.63, 3.8) is 0 Å². The molecule has 0 aromatic carbocycles. The quantitative estimate of drug-likeness (QED) is 0.734. The monoisotopic (exact) mass is 249 g/mol. The zero-order chi connectivity index (χ0) is 8.55. The van der Waals surface area contributed by atoms with E-state index in [1.54, 1.807) is 0 Å². The number of aromatic nitrogens is 1. The summed E-state index contributed by atoms with van der Waals surface area (Å²) < 4.78 is 0. The summed E-state index contributed by atoms with van der Waals surface area (Å²) in [7, 11) is 0. The van der Waals surface area contributed by atoms with Gasteiger partial charge in [0.15, 0.2) is 0 Å². The molecule has 0 unspecified atom stereocenters. The molecule has 0 saturated heterocycles. The minimum absolute atomic E-state index is 0. The number of hydrogen-bond donors (Lipinski definition) is 0. The van der Waals surface area contributed by atoms with Gasteiger partial charge in [-0.25, -0.2) is 0 Å². The van der Waals surface area contributed by atoms with E-state index in [0.29, 0.717) is 5.92 Å². The summed E-state index contributed by atoms with van der Waals surface area (Å²) in [6, 6.07) is 5.36.